The van der Waals surface area contributed by atoms with E-state index >= 15 is 0 Å². The molecule has 0 aromatic heterocycles. The number of allylic oxidation sites excluding steroid dienone is 3. The van der Waals surface area contributed by atoms with Gasteiger partial charge in [0.2, 0.25) is 5.91 Å². The number of amides is 1. The first-order valence-electron chi connectivity index (χ1n) is 11.8. The van der Waals surface area contributed by atoms with Crippen molar-refractivity contribution in [1.29, 1.82) is 0 Å². The summed E-state index contributed by atoms with van der Waals surface area (Å²) in [6.45, 7) is 8.92. The Hall–Kier alpha value is -3.31. The summed E-state index contributed by atoms with van der Waals surface area (Å²) in [7, 11) is 3.17. The van der Waals surface area contributed by atoms with Gasteiger partial charge in [0.15, 0.2) is 11.0 Å². The van der Waals surface area contributed by atoms with Crippen molar-refractivity contribution in [2.75, 3.05) is 33.1 Å². The van der Waals surface area contributed by atoms with E-state index in [0.29, 0.717) is 29.1 Å². The highest BCUT2D eigenvalue weighted by atomic mass is 32.2. The SMILES string of the molecule is CC.CC/C(=C\C=C(/CNC(=O)CSC1=NC2=NNNCC2C(N)=N1)OC)OC.Cc1ccccc1. The highest BCUT2D eigenvalue weighted by Gasteiger charge is 2.27. The van der Waals surface area contributed by atoms with Crippen molar-refractivity contribution < 1.29 is 14.3 Å². The Balaban J connectivity index is 0.000000609. The number of nitrogens with one attached hydrogen (secondary N) is 3. The van der Waals surface area contributed by atoms with Crippen molar-refractivity contribution in [3.05, 3.63) is 59.6 Å². The predicted octanol–water partition coefficient (Wildman–Crippen LogP) is 3.09. The minimum absolute atomic E-state index is 0.146. The Morgan fingerprint density at radius 3 is 2.42 bits per heavy atom. The predicted molar refractivity (Wildman–Crippen MR) is 150 cm³/mol. The lowest BCUT2D eigenvalue weighted by molar-refractivity contribution is -0.118. The van der Waals surface area contributed by atoms with Crippen LogP contribution in [0.3, 0.4) is 0 Å². The average Bonchev–Trinajstić information content (AvgIpc) is 2.91. The van der Waals surface area contributed by atoms with E-state index in [-0.39, 0.29) is 24.1 Å². The van der Waals surface area contributed by atoms with Crippen molar-refractivity contribution in [2.24, 2.45) is 26.7 Å². The fourth-order valence-corrected chi connectivity index (χ4v) is 3.44. The van der Waals surface area contributed by atoms with Crippen LogP contribution in [0.2, 0.25) is 0 Å². The van der Waals surface area contributed by atoms with Crippen molar-refractivity contribution in [1.82, 2.24) is 16.3 Å². The van der Waals surface area contributed by atoms with E-state index in [9.17, 15) is 4.79 Å². The number of hydrogen-bond acceptors (Lipinski definition) is 10. The molecule has 0 radical (unpaired) electrons. The minimum Gasteiger partial charge on any atom is -0.501 e. The Morgan fingerprint density at radius 1 is 1.17 bits per heavy atom. The second-order valence-corrected chi connectivity index (χ2v) is 8.14. The molecule has 0 saturated heterocycles. The van der Waals surface area contributed by atoms with Gasteiger partial charge in [0, 0.05) is 13.0 Å². The number of nitrogens with two attached hydrogens (primary N) is 1. The fraction of sp³-hybridized carbons (Fsp3) is 0.440. The van der Waals surface area contributed by atoms with Crippen molar-refractivity contribution in [3.63, 3.8) is 0 Å². The first kappa shape index (κ1) is 30.7. The summed E-state index contributed by atoms with van der Waals surface area (Å²) in [5, 5.41) is 7.26. The summed E-state index contributed by atoms with van der Waals surface area (Å²) in [5.74, 6) is 2.28. The molecular weight excluding hydrogens is 478 g/mol. The van der Waals surface area contributed by atoms with Crippen LogP contribution < -0.4 is 22.0 Å². The monoisotopic (exact) mass is 517 g/mol. The zero-order valence-corrected chi connectivity index (χ0v) is 22.8. The normalized spacial score (nSPS) is 16.7. The molecule has 0 saturated carbocycles. The van der Waals surface area contributed by atoms with Gasteiger partial charge in [-0.25, -0.2) is 20.9 Å². The van der Waals surface area contributed by atoms with Gasteiger partial charge in [-0.1, -0.05) is 68.4 Å². The molecule has 1 aromatic rings. The molecule has 198 valence electrons. The van der Waals surface area contributed by atoms with Crippen LogP contribution in [0.1, 0.15) is 32.8 Å². The van der Waals surface area contributed by atoms with Gasteiger partial charge in [0.1, 0.15) is 11.6 Å². The summed E-state index contributed by atoms with van der Waals surface area (Å²) in [6.07, 6.45) is 4.36. The number of carbonyl (C=O) groups excluding carboxylic acids is 1. The van der Waals surface area contributed by atoms with E-state index in [1.54, 1.807) is 20.3 Å². The fourth-order valence-electron chi connectivity index (χ4n) is 2.75. The molecular formula is C25H39N7O3S. The molecule has 1 amide bonds. The number of rotatable bonds is 8. The maximum Gasteiger partial charge on any atom is 0.230 e. The summed E-state index contributed by atoms with van der Waals surface area (Å²) in [6, 6.07) is 10.3. The number of amidine groups is 3. The number of nitrogens with zero attached hydrogens (tertiary/aromatic N) is 3. The lowest BCUT2D eigenvalue weighted by Gasteiger charge is -2.24. The quantitative estimate of drug-likeness (QED) is 0.307. The maximum absolute atomic E-state index is 12.1. The highest BCUT2D eigenvalue weighted by molar-refractivity contribution is 8.14. The van der Waals surface area contributed by atoms with Crippen LogP contribution in [0.25, 0.3) is 0 Å². The first-order valence-corrected chi connectivity index (χ1v) is 12.8. The van der Waals surface area contributed by atoms with Crippen molar-refractivity contribution in [3.8, 4) is 0 Å². The van der Waals surface area contributed by atoms with Crippen LogP contribution in [0.15, 0.2) is 69.1 Å². The van der Waals surface area contributed by atoms with E-state index in [0.717, 1.165) is 12.2 Å². The number of aliphatic imine (C=N–C) groups is 2. The topological polar surface area (TPSA) is 135 Å². The molecule has 2 aliphatic heterocycles. The number of fused-ring (bicyclic) bond motifs is 1. The molecule has 2 heterocycles. The molecule has 1 unspecified atom stereocenters. The number of hydrogen-bond donors (Lipinski definition) is 4. The number of aryl methyl sites for hydroxylation is 1. The summed E-state index contributed by atoms with van der Waals surface area (Å²) >= 11 is 1.20. The summed E-state index contributed by atoms with van der Waals surface area (Å²) < 4.78 is 10.4. The largest absolute Gasteiger partial charge is 0.501 e. The van der Waals surface area contributed by atoms with E-state index < -0.39 is 0 Å². The molecule has 0 aliphatic carbocycles. The summed E-state index contributed by atoms with van der Waals surface area (Å²) in [5.41, 5.74) is 12.8. The number of ether oxygens (including phenoxy) is 2. The molecule has 1 aromatic carbocycles. The number of hydrazine groups is 1. The molecule has 5 N–H and O–H groups in total. The van der Waals surface area contributed by atoms with Gasteiger partial charge in [-0.15, -0.1) is 5.10 Å². The third-order valence-corrected chi connectivity index (χ3v) is 5.57. The lowest BCUT2D eigenvalue weighted by Crippen LogP contribution is -2.48. The van der Waals surface area contributed by atoms with Gasteiger partial charge >= 0.3 is 0 Å². The first-order chi connectivity index (χ1) is 17.5. The van der Waals surface area contributed by atoms with Gasteiger partial charge < -0.3 is 20.5 Å². The van der Waals surface area contributed by atoms with Gasteiger partial charge in [0.05, 0.1) is 38.2 Å². The summed E-state index contributed by atoms with van der Waals surface area (Å²) in [4.78, 5) is 20.6. The van der Waals surface area contributed by atoms with Crippen LogP contribution in [0.4, 0.5) is 0 Å². The van der Waals surface area contributed by atoms with E-state index in [1.165, 1.54) is 17.3 Å². The van der Waals surface area contributed by atoms with Gasteiger partial charge in [-0.05, 0) is 19.1 Å². The van der Waals surface area contributed by atoms with Gasteiger partial charge in [0.25, 0.3) is 0 Å². The lowest BCUT2D eigenvalue weighted by atomic mass is 10.1. The van der Waals surface area contributed by atoms with Crippen LogP contribution in [-0.4, -0.2) is 55.8 Å². The third kappa shape index (κ3) is 11.4. The Labute approximate surface area is 218 Å². The maximum atomic E-state index is 12.1. The number of carbonyl (C=O) groups is 1. The van der Waals surface area contributed by atoms with E-state index in [2.05, 4.69) is 50.4 Å². The molecule has 10 nitrogen and oxygen atoms in total. The van der Waals surface area contributed by atoms with E-state index in [1.807, 2.05) is 45.0 Å². The third-order valence-electron chi connectivity index (χ3n) is 4.72. The van der Waals surface area contributed by atoms with Crippen LogP contribution in [-0.2, 0) is 14.3 Å². The molecule has 2 aliphatic rings. The average molecular weight is 518 g/mol. The second kappa shape index (κ2) is 18.0. The molecule has 11 heteroatoms. The van der Waals surface area contributed by atoms with Crippen molar-refractivity contribution in [2.45, 2.75) is 34.1 Å². The number of benzene rings is 1. The zero-order chi connectivity index (χ0) is 26.8. The molecule has 3 rings (SSSR count). The Bertz CT molecular complexity index is 954. The molecule has 0 spiro atoms. The number of hydrazone groups is 1. The zero-order valence-electron chi connectivity index (χ0n) is 22.0. The standard InChI is InChI=1S/C16H25N7O3S.C7H8.C2H6/c1-4-10(25-2)5-6-11(26-3)7-18-13(24)9-27-16-20-14(17)12-8-19-23-22-15(12)21-16;1-7-5-3-2-4-6-7;1-2/h5-6,12,19,23H,4,7-9H2,1-3H3,(H,18,24)(H2,17,20,21,22);2-6H,1H3;1-2H3/b10-5+,11-6+;;. The molecule has 0 fully saturated rings. The van der Waals surface area contributed by atoms with Crippen LogP contribution >= 0.6 is 11.8 Å². The minimum atomic E-state index is -0.168. The molecule has 0 bridgehead atoms. The molecule has 1 atom stereocenters. The number of methoxy groups -OCH3 is 2. The Kier molecular flexibility index (Phi) is 15.4. The van der Waals surface area contributed by atoms with E-state index in [4.69, 9.17) is 15.2 Å². The van der Waals surface area contributed by atoms with Gasteiger partial charge in [-0.2, -0.15) is 0 Å². The number of thioether (sulfide) groups is 1. The smallest absolute Gasteiger partial charge is 0.230 e. The van der Waals surface area contributed by atoms with Gasteiger partial charge in [-0.3, -0.25) is 4.79 Å². The Morgan fingerprint density at radius 2 is 1.83 bits per heavy atom. The van der Waals surface area contributed by atoms with Crippen molar-refractivity contribution >= 4 is 34.5 Å². The molecule has 36 heavy (non-hydrogen) atoms. The second-order valence-electron chi connectivity index (χ2n) is 7.19. The van der Waals surface area contributed by atoms with Crippen LogP contribution in [0, 0.1) is 12.8 Å². The van der Waals surface area contributed by atoms with Crippen LogP contribution in [0.5, 0.6) is 0 Å². The highest BCUT2D eigenvalue weighted by Crippen LogP contribution is 2.16.